The van der Waals surface area contributed by atoms with Gasteiger partial charge in [-0.2, -0.15) is 0 Å². The van der Waals surface area contributed by atoms with Gasteiger partial charge in [-0.1, -0.05) is 37.6 Å². The number of amides is 2. The van der Waals surface area contributed by atoms with E-state index in [2.05, 4.69) is 15.6 Å². The van der Waals surface area contributed by atoms with Gasteiger partial charge in [-0.3, -0.25) is 19.7 Å². The van der Waals surface area contributed by atoms with Crippen LogP contribution in [0.15, 0.2) is 48.7 Å². The average Bonchev–Trinajstić information content (AvgIpc) is 3.19. The van der Waals surface area contributed by atoms with Crippen LogP contribution in [0.5, 0.6) is 0 Å². The highest BCUT2D eigenvalue weighted by atomic mass is 35.5. The Morgan fingerprint density at radius 1 is 1.21 bits per heavy atom. The molecule has 0 radical (unpaired) electrons. The van der Waals surface area contributed by atoms with Gasteiger partial charge in [0.2, 0.25) is 5.91 Å². The molecule has 2 aromatic carbocycles. The highest BCUT2D eigenvalue weighted by Crippen LogP contribution is 2.24. The van der Waals surface area contributed by atoms with Gasteiger partial charge in [0.15, 0.2) is 5.13 Å². The minimum atomic E-state index is -0.895. The van der Waals surface area contributed by atoms with Gasteiger partial charge in [-0.05, 0) is 29.7 Å². The van der Waals surface area contributed by atoms with Crippen molar-refractivity contribution in [3.8, 4) is 0 Å². The summed E-state index contributed by atoms with van der Waals surface area (Å²) in [6.45, 7) is 3.54. The van der Waals surface area contributed by atoms with Crippen LogP contribution in [0, 0.1) is 21.8 Å². The number of nitro benzene ring substituents is 1. The summed E-state index contributed by atoms with van der Waals surface area (Å²) in [5.74, 6) is -1.66. The van der Waals surface area contributed by atoms with Crippen molar-refractivity contribution >= 4 is 45.6 Å². The van der Waals surface area contributed by atoms with Crippen LogP contribution in [0.1, 0.15) is 34.6 Å². The third-order valence-corrected chi connectivity index (χ3v) is 5.94. The number of halogens is 2. The molecular formula is C22H20ClFN4O4S. The third kappa shape index (κ3) is 6.33. The van der Waals surface area contributed by atoms with Crippen molar-refractivity contribution in [3.05, 3.63) is 85.6 Å². The monoisotopic (exact) mass is 490 g/mol. The molecule has 1 atom stereocenters. The van der Waals surface area contributed by atoms with Crippen LogP contribution >= 0.6 is 22.9 Å². The summed E-state index contributed by atoms with van der Waals surface area (Å²) in [5.41, 5.74) is 0.691. The summed E-state index contributed by atoms with van der Waals surface area (Å²) in [4.78, 5) is 40.8. The first-order chi connectivity index (χ1) is 15.6. The molecule has 3 rings (SSSR count). The van der Waals surface area contributed by atoms with Gasteiger partial charge >= 0.3 is 0 Å². The molecule has 1 unspecified atom stereocenters. The molecule has 0 aliphatic heterocycles. The lowest BCUT2D eigenvalue weighted by Crippen LogP contribution is -2.47. The lowest BCUT2D eigenvalue weighted by Gasteiger charge is -2.21. The zero-order valence-electron chi connectivity index (χ0n) is 17.7. The molecule has 1 heterocycles. The number of carbonyl (C=O) groups excluding carboxylic acids is 2. The highest BCUT2D eigenvalue weighted by molar-refractivity contribution is 7.15. The van der Waals surface area contributed by atoms with E-state index in [0.717, 1.165) is 16.5 Å². The van der Waals surface area contributed by atoms with Crippen molar-refractivity contribution in [1.82, 2.24) is 10.3 Å². The number of nitrogens with zero attached hydrogens (tertiary/aromatic N) is 2. The summed E-state index contributed by atoms with van der Waals surface area (Å²) in [5, 5.41) is 16.5. The molecule has 0 aliphatic carbocycles. The minimum absolute atomic E-state index is 0.0246. The van der Waals surface area contributed by atoms with Crippen LogP contribution in [0.3, 0.4) is 0 Å². The fraction of sp³-hybridized carbons (Fsp3) is 0.227. The van der Waals surface area contributed by atoms with E-state index in [4.69, 9.17) is 11.6 Å². The van der Waals surface area contributed by atoms with E-state index >= 15 is 0 Å². The van der Waals surface area contributed by atoms with Crippen LogP contribution < -0.4 is 10.6 Å². The third-order valence-electron chi connectivity index (χ3n) is 4.72. The predicted octanol–water partition coefficient (Wildman–Crippen LogP) is 4.83. The molecule has 0 bridgehead atoms. The number of carbonyl (C=O) groups is 2. The molecule has 0 saturated carbocycles. The summed E-state index contributed by atoms with van der Waals surface area (Å²) in [7, 11) is 0. The molecule has 33 heavy (non-hydrogen) atoms. The van der Waals surface area contributed by atoms with Crippen molar-refractivity contribution < 1.29 is 18.9 Å². The topological polar surface area (TPSA) is 114 Å². The molecule has 0 saturated heterocycles. The van der Waals surface area contributed by atoms with E-state index in [-0.39, 0.29) is 28.0 Å². The molecular weight excluding hydrogens is 471 g/mol. The fourth-order valence-electron chi connectivity index (χ4n) is 2.99. The molecule has 0 spiro atoms. The molecule has 1 aromatic heterocycles. The molecule has 8 nitrogen and oxygen atoms in total. The van der Waals surface area contributed by atoms with Crippen molar-refractivity contribution in [3.63, 3.8) is 0 Å². The van der Waals surface area contributed by atoms with Crippen molar-refractivity contribution in [2.24, 2.45) is 5.92 Å². The number of benzene rings is 2. The largest absolute Gasteiger partial charge is 0.340 e. The minimum Gasteiger partial charge on any atom is -0.340 e. The number of anilines is 1. The Bertz CT molecular complexity index is 1180. The Morgan fingerprint density at radius 2 is 1.91 bits per heavy atom. The second kappa shape index (κ2) is 10.5. The fourth-order valence-corrected chi connectivity index (χ4v) is 4.10. The van der Waals surface area contributed by atoms with E-state index < -0.39 is 22.8 Å². The number of hydrogen-bond acceptors (Lipinski definition) is 6. The molecule has 2 N–H and O–H groups in total. The quantitative estimate of drug-likeness (QED) is 0.347. The Labute approximate surface area is 198 Å². The first-order valence-corrected chi connectivity index (χ1v) is 11.1. The van der Waals surface area contributed by atoms with Crippen LogP contribution in [0.2, 0.25) is 5.02 Å². The Kier molecular flexibility index (Phi) is 7.72. The van der Waals surface area contributed by atoms with Crippen LogP contribution in [0.25, 0.3) is 0 Å². The highest BCUT2D eigenvalue weighted by Gasteiger charge is 2.26. The van der Waals surface area contributed by atoms with Gasteiger partial charge in [0.25, 0.3) is 11.6 Å². The number of hydrogen-bond donors (Lipinski definition) is 2. The standard InChI is InChI=1S/C22H20ClFN4O4S/c1-12(2)19(26-20(29)17-8-7-15(28(31)32)10-18(17)23)21(30)27-22-25-11-16(33-22)9-13-3-5-14(24)6-4-13/h3-8,10-12,19H,9H2,1-2H3,(H,26,29)(H,25,27,30). The van der Waals surface area contributed by atoms with E-state index in [1.54, 1.807) is 32.2 Å². The summed E-state index contributed by atoms with van der Waals surface area (Å²) in [6.07, 6.45) is 2.17. The molecule has 11 heteroatoms. The maximum Gasteiger partial charge on any atom is 0.270 e. The smallest absolute Gasteiger partial charge is 0.270 e. The summed E-state index contributed by atoms with van der Waals surface area (Å²) in [6, 6.07) is 8.73. The van der Waals surface area contributed by atoms with E-state index in [1.165, 1.54) is 35.6 Å². The lowest BCUT2D eigenvalue weighted by molar-refractivity contribution is -0.384. The van der Waals surface area contributed by atoms with Gasteiger partial charge in [-0.15, -0.1) is 11.3 Å². The Hall–Kier alpha value is -3.37. The van der Waals surface area contributed by atoms with Crippen LogP contribution in [-0.2, 0) is 11.2 Å². The van der Waals surface area contributed by atoms with Gasteiger partial charge in [0, 0.05) is 29.6 Å². The molecule has 3 aromatic rings. The number of rotatable bonds is 8. The zero-order valence-corrected chi connectivity index (χ0v) is 19.2. The Balaban J connectivity index is 1.67. The van der Waals surface area contributed by atoms with Crippen molar-refractivity contribution in [2.75, 3.05) is 5.32 Å². The second-order valence-electron chi connectivity index (χ2n) is 7.54. The average molecular weight is 491 g/mol. The van der Waals surface area contributed by atoms with Crippen molar-refractivity contribution in [2.45, 2.75) is 26.3 Å². The molecule has 172 valence electrons. The SMILES string of the molecule is CC(C)C(NC(=O)c1ccc([N+](=O)[O-])cc1Cl)C(=O)Nc1ncc(Cc2ccc(F)cc2)s1. The molecule has 0 fully saturated rings. The maximum atomic E-state index is 13.1. The second-order valence-corrected chi connectivity index (χ2v) is 9.06. The van der Waals surface area contributed by atoms with Gasteiger partial charge in [0.1, 0.15) is 11.9 Å². The van der Waals surface area contributed by atoms with Crippen LogP contribution in [-0.4, -0.2) is 27.8 Å². The summed E-state index contributed by atoms with van der Waals surface area (Å²) >= 11 is 7.30. The molecule has 2 amide bonds. The molecule has 0 aliphatic rings. The van der Waals surface area contributed by atoms with Crippen molar-refractivity contribution in [1.29, 1.82) is 0 Å². The maximum absolute atomic E-state index is 13.1. The van der Waals surface area contributed by atoms with E-state index in [1.807, 2.05) is 0 Å². The van der Waals surface area contributed by atoms with Crippen LogP contribution in [0.4, 0.5) is 15.2 Å². The lowest BCUT2D eigenvalue weighted by atomic mass is 10.0. The zero-order chi connectivity index (χ0) is 24.1. The number of non-ortho nitro benzene ring substituents is 1. The van der Waals surface area contributed by atoms with E-state index in [9.17, 15) is 24.1 Å². The number of thiazole rings is 1. The first-order valence-electron chi connectivity index (χ1n) is 9.89. The number of aromatic nitrogens is 1. The summed E-state index contributed by atoms with van der Waals surface area (Å²) < 4.78 is 13.1. The number of nitro groups is 1. The van der Waals surface area contributed by atoms with Gasteiger partial charge in [-0.25, -0.2) is 9.37 Å². The van der Waals surface area contributed by atoms with E-state index in [0.29, 0.717) is 11.6 Å². The van der Waals surface area contributed by atoms with Gasteiger partial charge in [0.05, 0.1) is 15.5 Å². The van der Waals surface area contributed by atoms with Gasteiger partial charge < -0.3 is 10.6 Å². The predicted molar refractivity (Wildman–Crippen MR) is 124 cm³/mol. The normalized spacial score (nSPS) is 11.8. The number of nitrogens with one attached hydrogen (secondary N) is 2. The Morgan fingerprint density at radius 3 is 2.52 bits per heavy atom. The first kappa shape index (κ1) is 24.3.